The Morgan fingerprint density at radius 3 is 1.56 bits per heavy atom. The summed E-state index contributed by atoms with van der Waals surface area (Å²) in [5, 5.41) is 11.8. The van der Waals surface area contributed by atoms with Crippen molar-refractivity contribution in [2.24, 2.45) is 0 Å². The second-order valence-electron chi connectivity index (χ2n) is 10.7. The van der Waals surface area contributed by atoms with E-state index in [1.54, 1.807) is 0 Å². The molecule has 0 rings (SSSR count). The molecule has 0 aliphatic heterocycles. The van der Waals surface area contributed by atoms with Crippen LogP contribution in [0, 0.1) is 6.92 Å². The van der Waals surface area contributed by atoms with Crippen LogP contribution in [-0.4, -0.2) is 35.7 Å². The first-order valence-electron chi connectivity index (χ1n) is 15.5. The van der Waals surface area contributed by atoms with E-state index in [-0.39, 0.29) is 31.0 Å². The Kier molecular flexibility index (Phi) is 26.1. The molecular weight excluding hydrogens is 450 g/mol. The van der Waals surface area contributed by atoms with Crippen molar-refractivity contribution >= 4 is 11.9 Å². The average Bonchev–Trinajstić information content (AvgIpc) is 2.86. The Morgan fingerprint density at radius 1 is 0.694 bits per heavy atom. The number of amides is 1. The van der Waals surface area contributed by atoms with Gasteiger partial charge in [-0.05, 0) is 26.2 Å². The topological polar surface area (TPSA) is 75.6 Å². The van der Waals surface area contributed by atoms with Crippen LogP contribution < -0.4 is 5.32 Å². The largest absolute Gasteiger partial charge is 0.462 e. The highest BCUT2D eigenvalue weighted by atomic mass is 16.5. The van der Waals surface area contributed by atoms with Gasteiger partial charge in [0.2, 0.25) is 5.91 Å². The highest BCUT2D eigenvalue weighted by Gasteiger charge is 2.19. The van der Waals surface area contributed by atoms with Gasteiger partial charge >= 0.3 is 5.97 Å². The molecule has 0 aliphatic rings. The number of aliphatic hydroxyl groups is 1. The highest BCUT2D eigenvalue weighted by Crippen LogP contribution is 2.16. The summed E-state index contributed by atoms with van der Waals surface area (Å²) in [6, 6.07) is -0.530. The Balaban J connectivity index is 4.09. The van der Waals surface area contributed by atoms with Crippen LogP contribution in [0.3, 0.4) is 0 Å². The second-order valence-corrected chi connectivity index (χ2v) is 10.7. The monoisotopic (exact) mass is 510 g/mol. The molecule has 0 aromatic rings. The molecule has 0 aromatic heterocycles. The molecule has 5 heteroatoms. The molecular formula is C31H60NO4. The van der Waals surface area contributed by atoms with Crippen molar-refractivity contribution in [3.63, 3.8) is 0 Å². The minimum Gasteiger partial charge on any atom is -0.462 e. The molecule has 213 valence electrons. The molecule has 5 nitrogen and oxygen atoms in total. The summed E-state index contributed by atoms with van der Waals surface area (Å²) in [7, 11) is 0. The Bertz CT molecular complexity index is 497. The fourth-order valence-corrected chi connectivity index (χ4v) is 4.60. The molecule has 0 bridgehead atoms. The van der Waals surface area contributed by atoms with E-state index in [1.165, 1.54) is 103 Å². The van der Waals surface area contributed by atoms with Gasteiger partial charge in [-0.15, -0.1) is 0 Å². The van der Waals surface area contributed by atoms with Crippen LogP contribution in [0.5, 0.6) is 0 Å². The summed E-state index contributed by atoms with van der Waals surface area (Å²) in [6.45, 7) is 7.98. The molecule has 0 saturated heterocycles. The molecule has 1 radical (unpaired) electrons. The highest BCUT2D eigenvalue weighted by molar-refractivity contribution is 5.77. The lowest BCUT2D eigenvalue weighted by Crippen LogP contribution is -2.37. The van der Waals surface area contributed by atoms with Gasteiger partial charge in [-0.25, -0.2) is 0 Å². The first-order chi connectivity index (χ1) is 17.5. The molecule has 1 amide bonds. The van der Waals surface area contributed by atoms with E-state index in [1.807, 2.05) is 0 Å². The van der Waals surface area contributed by atoms with Gasteiger partial charge in [0.05, 0.1) is 19.1 Å². The minimum absolute atomic E-state index is 0.146. The van der Waals surface area contributed by atoms with Gasteiger partial charge < -0.3 is 15.2 Å². The number of nitrogens with one attached hydrogen (secondary N) is 1. The third-order valence-corrected chi connectivity index (χ3v) is 6.91. The number of ether oxygens (including phenoxy) is 1. The van der Waals surface area contributed by atoms with Gasteiger partial charge in [0.15, 0.2) is 0 Å². The smallest absolute Gasteiger partial charge is 0.306 e. The fourth-order valence-electron chi connectivity index (χ4n) is 4.60. The van der Waals surface area contributed by atoms with Crippen LogP contribution in [0.2, 0.25) is 0 Å². The molecule has 0 heterocycles. The predicted molar refractivity (Wildman–Crippen MR) is 152 cm³/mol. The first kappa shape index (κ1) is 34.9. The molecule has 2 atom stereocenters. The summed E-state index contributed by atoms with van der Waals surface area (Å²) >= 11 is 0. The van der Waals surface area contributed by atoms with Gasteiger partial charge in [-0.1, -0.05) is 129 Å². The van der Waals surface area contributed by atoms with E-state index in [2.05, 4.69) is 26.1 Å². The molecule has 36 heavy (non-hydrogen) atoms. The van der Waals surface area contributed by atoms with E-state index in [4.69, 9.17) is 9.84 Å². The molecule has 0 saturated carbocycles. The van der Waals surface area contributed by atoms with E-state index in [9.17, 15) is 9.59 Å². The number of hydrogen-bond acceptors (Lipinski definition) is 4. The normalized spacial score (nSPS) is 12.9. The number of rotatable bonds is 27. The summed E-state index contributed by atoms with van der Waals surface area (Å²) < 4.78 is 5.72. The minimum atomic E-state index is -0.530. The standard InChI is InChI=1S/C31H60NO4/c1-4-6-8-10-12-14-15-17-19-21-23-25-31(35)36-29(26-30(34)32-28(3)27-33)24-22-20-18-16-13-11-9-7-5-2/h28-29,33H,3-27H2,1-2H3,(H,32,34)/t28-,29+/m0/s1. The summed E-state index contributed by atoms with van der Waals surface area (Å²) in [5.74, 6) is -0.402. The third kappa shape index (κ3) is 24.6. The number of carbonyl (C=O) groups is 2. The van der Waals surface area contributed by atoms with Crippen LogP contribution in [-0.2, 0) is 14.3 Å². The molecule has 0 unspecified atom stereocenters. The van der Waals surface area contributed by atoms with Crippen molar-refractivity contribution in [1.29, 1.82) is 0 Å². The van der Waals surface area contributed by atoms with Crippen LogP contribution in [0.25, 0.3) is 0 Å². The van der Waals surface area contributed by atoms with Crippen LogP contribution in [0.15, 0.2) is 0 Å². The molecule has 0 spiro atoms. The van der Waals surface area contributed by atoms with Gasteiger partial charge in [0.1, 0.15) is 6.10 Å². The summed E-state index contributed by atoms with van der Waals surface area (Å²) in [4.78, 5) is 24.7. The molecule has 0 fully saturated rings. The lowest BCUT2D eigenvalue weighted by Gasteiger charge is -2.19. The quantitative estimate of drug-likeness (QED) is 0.0862. The van der Waals surface area contributed by atoms with Crippen molar-refractivity contribution in [1.82, 2.24) is 5.32 Å². The lowest BCUT2D eigenvalue weighted by molar-refractivity contribution is -0.151. The Hall–Kier alpha value is -1.10. The van der Waals surface area contributed by atoms with Crippen LogP contribution in [0.4, 0.5) is 0 Å². The summed E-state index contributed by atoms with van der Waals surface area (Å²) in [6.07, 6.45) is 25.7. The predicted octanol–water partition coefficient (Wildman–Crippen LogP) is 8.22. The zero-order valence-corrected chi connectivity index (χ0v) is 24.0. The van der Waals surface area contributed by atoms with E-state index >= 15 is 0 Å². The van der Waals surface area contributed by atoms with Gasteiger partial charge in [-0.2, -0.15) is 0 Å². The number of carbonyl (C=O) groups excluding carboxylic acids is 2. The number of hydrogen-bond donors (Lipinski definition) is 2. The van der Waals surface area contributed by atoms with Crippen molar-refractivity contribution in [3.05, 3.63) is 6.92 Å². The molecule has 0 aromatic carbocycles. The van der Waals surface area contributed by atoms with Crippen molar-refractivity contribution in [2.45, 2.75) is 174 Å². The average molecular weight is 511 g/mol. The molecule has 2 N–H and O–H groups in total. The Morgan fingerprint density at radius 2 is 1.11 bits per heavy atom. The lowest BCUT2D eigenvalue weighted by atomic mass is 10.0. The zero-order chi connectivity index (χ0) is 26.7. The number of esters is 1. The van der Waals surface area contributed by atoms with E-state index in [0.29, 0.717) is 12.8 Å². The van der Waals surface area contributed by atoms with Crippen molar-refractivity contribution in [3.8, 4) is 0 Å². The Labute approximate surface area is 223 Å². The van der Waals surface area contributed by atoms with Crippen molar-refractivity contribution < 1.29 is 19.4 Å². The molecule has 0 aliphatic carbocycles. The van der Waals surface area contributed by atoms with Crippen LogP contribution in [0.1, 0.15) is 162 Å². The van der Waals surface area contributed by atoms with E-state index < -0.39 is 6.04 Å². The van der Waals surface area contributed by atoms with Crippen molar-refractivity contribution in [2.75, 3.05) is 6.61 Å². The van der Waals surface area contributed by atoms with Gasteiger partial charge in [0, 0.05) is 6.42 Å². The second kappa shape index (κ2) is 26.9. The van der Waals surface area contributed by atoms with Crippen LogP contribution >= 0.6 is 0 Å². The third-order valence-electron chi connectivity index (χ3n) is 6.91. The first-order valence-corrected chi connectivity index (χ1v) is 15.5. The summed E-state index contributed by atoms with van der Waals surface area (Å²) in [5.41, 5.74) is 0. The van der Waals surface area contributed by atoms with Gasteiger partial charge in [0.25, 0.3) is 0 Å². The van der Waals surface area contributed by atoms with Gasteiger partial charge in [-0.3, -0.25) is 9.59 Å². The SMILES string of the molecule is [CH2][C@@H](CO)NC(=O)C[C@@H](CCCCCCCCCCC)OC(=O)CCCCCCCCCCCCC. The number of aliphatic hydroxyl groups excluding tert-OH is 1. The maximum Gasteiger partial charge on any atom is 0.306 e. The number of unbranched alkanes of at least 4 members (excludes halogenated alkanes) is 18. The maximum absolute atomic E-state index is 12.4. The zero-order valence-electron chi connectivity index (χ0n) is 24.0. The van der Waals surface area contributed by atoms with E-state index in [0.717, 1.165) is 25.7 Å². The fraction of sp³-hybridized carbons (Fsp3) is 0.903. The maximum atomic E-state index is 12.4.